The summed E-state index contributed by atoms with van der Waals surface area (Å²) in [5.41, 5.74) is 2.99. The van der Waals surface area contributed by atoms with Crippen LogP contribution in [0.4, 0.5) is 5.69 Å². The number of piperazine rings is 1. The number of amides is 2. The normalized spacial score (nSPS) is 14.4. The molecule has 0 spiro atoms. The van der Waals surface area contributed by atoms with Crippen molar-refractivity contribution < 1.29 is 14.0 Å². The molecule has 2 aromatic heterocycles. The molecule has 0 saturated carbocycles. The molecule has 1 aliphatic rings. The van der Waals surface area contributed by atoms with Crippen LogP contribution in [0.5, 0.6) is 0 Å². The third kappa shape index (κ3) is 6.02. The highest BCUT2D eigenvalue weighted by atomic mass is 32.2. The van der Waals surface area contributed by atoms with E-state index in [9.17, 15) is 9.59 Å². The molecule has 1 N–H and O–H groups in total. The number of aromatic nitrogens is 3. The van der Waals surface area contributed by atoms with Gasteiger partial charge in [-0.15, -0.1) is 10.2 Å². The van der Waals surface area contributed by atoms with Gasteiger partial charge in [-0.2, -0.15) is 0 Å². The number of aryl methyl sites for hydroxylation is 2. The van der Waals surface area contributed by atoms with Crippen LogP contribution >= 0.6 is 11.8 Å². The summed E-state index contributed by atoms with van der Waals surface area (Å²) >= 11 is 1.37. The fourth-order valence-electron chi connectivity index (χ4n) is 3.80. The molecule has 3 heterocycles. The van der Waals surface area contributed by atoms with Crippen LogP contribution in [0.2, 0.25) is 0 Å². The van der Waals surface area contributed by atoms with E-state index in [1.807, 2.05) is 53.6 Å². The number of furan rings is 1. The molecule has 1 aliphatic heterocycles. The van der Waals surface area contributed by atoms with Gasteiger partial charge in [0.2, 0.25) is 11.8 Å². The van der Waals surface area contributed by atoms with E-state index in [1.54, 1.807) is 12.6 Å². The van der Waals surface area contributed by atoms with Gasteiger partial charge in [0.15, 0.2) is 5.16 Å². The maximum absolute atomic E-state index is 12.7. The number of hydrogen-bond donors (Lipinski definition) is 1. The average molecular weight is 469 g/mol. The second kappa shape index (κ2) is 10.7. The average Bonchev–Trinajstić information content (AvgIpc) is 3.48. The van der Waals surface area contributed by atoms with Crippen LogP contribution in [0.25, 0.3) is 0 Å². The minimum Gasteiger partial charge on any atom is -0.467 e. The predicted molar refractivity (Wildman–Crippen MR) is 126 cm³/mol. The maximum atomic E-state index is 12.7. The van der Waals surface area contributed by atoms with Crippen molar-refractivity contribution in [1.82, 2.24) is 24.6 Å². The van der Waals surface area contributed by atoms with Gasteiger partial charge in [-0.1, -0.05) is 30.0 Å². The van der Waals surface area contributed by atoms with Crippen molar-refractivity contribution in [3.8, 4) is 0 Å². The molecule has 33 heavy (non-hydrogen) atoms. The van der Waals surface area contributed by atoms with Crippen LogP contribution in [0, 0.1) is 13.8 Å². The Morgan fingerprint density at radius 1 is 1.09 bits per heavy atom. The summed E-state index contributed by atoms with van der Waals surface area (Å²) in [7, 11) is 0. The lowest BCUT2D eigenvalue weighted by molar-refractivity contribution is -0.130. The summed E-state index contributed by atoms with van der Waals surface area (Å²) in [6.07, 6.45) is 3.26. The van der Waals surface area contributed by atoms with Gasteiger partial charge in [0.25, 0.3) is 0 Å². The van der Waals surface area contributed by atoms with Crippen LogP contribution in [0.1, 0.15) is 16.9 Å². The Morgan fingerprint density at radius 2 is 1.85 bits per heavy atom. The molecule has 0 atom stereocenters. The minimum atomic E-state index is -0.0291. The summed E-state index contributed by atoms with van der Waals surface area (Å²) in [6, 6.07) is 9.69. The third-order valence-electron chi connectivity index (χ3n) is 5.65. The molecular formula is C23H28N6O3S. The molecule has 4 rings (SSSR count). The zero-order valence-corrected chi connectivity index (χ0v) is 19.7. The minimum absolute atomic E-state index is 0.0291. The summed E-state index contributed by atoms with van der Waals surface area (Å²) in [4.78, 5) is 29.1. The van der Waals surface area contributed by atoms with Crippen LogP contribution in [-0.2, 0) is 16.1 Å². The van der Waals surface area contributed by atoms with Gasteiger partial charge in [-0.05, 0) is 37.1 Å². The van der Waals surface area contributed by atoms with Gasteiger partial charge < -0.3 is 19.2 Å². The highest BCUT2D eigenvalue weighted by molar-refractivity contribution is 7.99. The Morgan fingerprint density at radius 3 is 2.55 bits per heavy atom. The monoisotopic (exact) mass is 468 g/mol. The fourth-order valence-corrected chi connectivity index (χ4v) is 4.62. The number of nitrogens with zero attached hydrogens (tertiary/aromatic N) is 5. The van der Waals surface area contributed by atoms with Gasteiger partial charge >= 0.3 is 0 Å². The lowest BCUT2D eigenvalue weighted by Crippen LogP contribution is -2.51. The van der Waals surface area contributed by atoms with Crippen LogP contribution in [0.15, 0.2) is 52.5 Å². The van der Waals surface area contributed by atoms with Gasteiger partial charge in [0.05, 0.1) is 25.1 Å². The van der Waals surface area contributed by atoms with E-state index in [2.05, 4.69) is 20.4 Å². The number of benzene rings is 1. The second-order valence-corrected chi connectivity index (χ2v) is 9.02. The summed E-state index contributed by atoms with van der Waals surface area (Å²) < 4.78 is 7.24. The van der Waals surface area contributed by atoms with E-state index in [4.69, 9.17) is 4.42 Å². The number of nitrogens with one attached hydrogen (secondary N) is 1. The first-order valence-electron chi connectivity index (χ1n) is 10.9. The van der Waals surface area contributed by atoms with E-state index in [0.29, 0.717) is 50.2 Å². The SMILES string of the molecule is Cc1cccc(C)c1NC(=O)CN1CCN(C(=O)CSc2nncn2Cc2ccco2)CC1. The van der Waals surface area contributed by atoms with Crippen molar-refractivity contribution in [3.05, 3.63) is 59.8 Å². The van der Waals surface area contributed by atoms with E-state index in [1.165, 1.54) is 11.8 Å². The Kier molecular flexibility index (Phi) is 7.46. The highest BCUT2D eigenvalue weighted by Gasteiger charge is 2.23. The number of hydrogen-bond acceptors (Lipinski definition) is 7. The molecular weight excluding hydrogens is 440 g/mol. The summed E-state index contributed by atoms with van der Waals surface area (Å²) in [5.74, 6) is 1.13. The van der Waals surface area contributed by atoms with Crippen molar-refractivity contribution in [2.45, 2.75) is 25.5 Å². The van der Waals surface area contributed by atoms with Crippen LogP contribution < -0.4 is 5.32 Å². The number of rotatable bonds is 8. The fraction of sp³-hybridized carbons (Fsp3) is 0.391. The summed E-state index contributed by atoms with van der Waals surface area (Å²) in [6.45, 7) is 7.38. The Balaban J connectivity index is 1.21. The van der Waals surface area contributed by atoms with E-state index in [0.717, 1.165) is 22.6 Å². The first-order chi connectivity index (χ1) is 16.0. The molecule has 2 amide bonds. The van der Waals surface area contributed by atoms with Crippen molar-refractivity contribution in [2.75, 3.05) is 43.8 Å². The molecule has 9 nitrogen and oxygen atoms in total. The van der Waals surface area contributed by atoms with Crippen LogP contribution in [-0.4, -0.2) is 74.9 Å². The number of anilines is 1. The molecule has 0 aliphatic carbocycles. The van der Waals surface area contributed by atoms with Crippen molar-refractivity contribution in [3.63, 3.8) is 0 Å². The molecule has 0 bridgehead atoms. The number of thioether (sulfide) groups is 1. The number of carbonyl (C=O) groups is 2. The van der Waals surface area contributed by atoms with E-state index < -0.39 is 0 Å². The zero-order valence-electron chi connectivity index (χ0n) is 18.9. The summed E-state index contributed by atoms with van der Waals surface area (Å²) in [5, 5.41) is 11.8. The zero-order chi connectivity index (χ0) is 23.2. The topological polar surface area (TPSA) is 96.5 Å². The van der Waals surface area contributed by atoms with Crippen molar-refractivity contribution >= 4 is 29.3 Å². The molecule has 1 fully saturated rings. The quantitative estimate of drug-likeness (QED) is 0.507. The molecule has 174 valence electrons. The molecule has 0 radical (unpaired) electrons. The van der Waals surface area contributed by atoms with E-state index in [-0.39, 0.29) is 11.8 Å². The first-order valence-corrected chi connectivity index (χ1v) is 11.9. The van der Waals surface area contributed by atoms with Gasteiger partial charge in [-0.25, -0.2) is 0 Å². The van der Waals surface area contributed by atoms with Gasteiger partial charge in [0, 0.05) is 31.9 Å². The molecule has 1 aromatic carbocycles. The molecule has 3 aromatic rings. The molecule has 1 saturated heterocycles. The Bertz CT molecular complexity index is 1070. The van der Waals surface area contributed by atoms with Crippen molar-refractivity contribution in [2.24, 2.45) is 0 Å². The first kappa shape index (κ1) is 23.1. The lowest BCUT2D eigenvalue weighted by Gasteiger charge is -2.34. The standard InChI is InChI=1S/C23H28N6O3S/c1-17-5-3-6-18(2)22(17)25-20(30)14-27-8-10-28(11-9-27)21(31)15-33-23-26-24-16-29(23)13-19-7-4-12-32-19/h3-7,12,16H,8-11,13-15H2,1-2H3,(H,25,30). The predicted octanol–water partition coefficient (Wildman–Crippen LogP) is 2.41. The van der Waals surface area contributed by atoms with E-state index >= 15 is 0 Å². The van der Waals surface area contributed by atoms with Crippen LogP contribution in [0.3, 0.4) is 0 Å². The third-order valence-corrected chi connectivity index (χ3v) is 6.61. The Hall–Kier alpha value is -3.11. The Labute approximate surface area is 197 Å². The van der Waals surface area contributed by atoms with Gasteiger partial charge in [0.1, 0.15) is 12.1 Å². The van der Waals surface area contributed by atoms with Gasteiger partial charge in [-0.3, -0.25) is 14.5 Å². The largest absolute Gasteiger partial charge is 0.467 e. The molecule has 0 unspecified atom stereocenters. The highest BCUT2D eigenvalue weighted by Crippen LogP contribution is 2.20. The number of para-hydroxylation sites is 1. The maximum Gasteiger partial charge on any atom is 0.238 e. The smallest absolute Gasteiger partial charge is 0.238 e. The molecule has 10 heteroatoms. The lowest BCUT2D eigenvalue weighted by atomic mass is 10.1. The number of carbonyl (C=O) groups excluding carboxylic acids is 2. The van der Waals surface area contributed by atoms with Crippen molar-refractivity contribution in [1.29, 1.82) is 0 Å². The second-order valence-electron chi connectivity index (χ2n) is 8.08.